The Kier molecular flexibility index (Phi) is 8.19. The molecule has 0 saturated carbocycles. The maximum absolute atomic E-state index is 6.97. The van der Waals surface area contributed by atoms with Gasteiger partial charge in [-0.1, -0.05) is 188 Å². The minimum absolute atomic E-state index is 0.859. The Balaban J connectivity index is 1.23. The Labute approximate surface area is 337 Å². The number of hydrogen-bond acceptors (Lipinski definition) is 2. The maximum atomic E-state index is 6.97. The van der Waals surface area contributed by atoms with Gasteiger partial charge in [0.05, 0.1) is 22.4 Å². The van der Waals surface area contributed by atoms with Crippen molar-refractivity contribution < 1.29 is 4.42 Å². The van der Waals surface area contributed by atoms with Gasteiger partial charge in [0.2, 0.25) is 0 Å². The van der Waals surface area contributed by atoms with Crippen molar-refractivity contribution in [2.75, 3.05) is 4.90 Å². The molecule has 11 rings (SSSR count). The number of rotatable bonds is 7. The fraction of sp³-hybridized carbons (Fsp3) is 0. The molecule has 0 fully saturated rings. The monoisotopic (exact) mass is 739 g/mol. The van der Waals surface area contributed by atoms with Crippen LogP contribution in [0.15, 0.2) is 229 Å². The van der Waals surface area contributed by atoms with E-state index in [2.05, 4.69) is 229 Å². The number of para-hydroxylation sites is 3. The standard InChI is InChI=1S/C56H37NO/c1-2-17-38(18-3-1)41-23-14-24-42(37-41)45-27-8-11-32-51(45)57(52-33-12-9-28-48(52)46-30-15-21-39-19-4-6-25-43(39)46)53-36-35-49(47-31-16-22-40-20-5-7-26-44(40)47)56-55(53)50-29-10-13-34-54(50)58-56/h1-37H. The molecule has 0 amide bonds. The number of nitrogens with zero attached hydrogens (tertiary/aromatic N) is 1. The largest absolute Gasteiger partial charge is 0.455 e. The number of fused-ring (bicyclic) bond motifs is 5. The molecule has 0 unspecified atom stereocenters. The molecule has 0 bridgehead atoms. The highest BCUT2D eigenvalue weighted by Crippen LogP contribution is 2.51. The van der Waals surface area contributed by atoms with Crippen LogP contribution in [-0.2, 0) is 0 Å². The summed E-state index contributed by atoms with van der Waals surface area (Å²) in [5.74, 6) is 0. The lowest BCUT2D eigenvalue weighted by molar-refractivity contribution is 0.670. The van der Waals surface area contributed by atoms with Gasteiger partial charge in [-0.15, -0.1) is 0 Å². The highest BCUT2D eigenvalue weighted by Gasteiger charge is 2.26. The third kappa shape index (κ3) is 5.66. The SMILES string of the molecule is c1ccc(-c2cccc(-c3ccccc3N(c3ccccc3-c3cccc4ccccc34)c3ccc(-c4cccc5ccccc45)c4oc5ccccc5c34)c2)cc1. The molecule has 1 aromatic heterocycles. The predicted molar refractivity (Wildman–Crippen MR) is 245 cm³/mol. The summed E-state index contributed by atoms with van der Waals surface area (Å²) in [6.45, 7) is 0. The van der Waals surface area contributed by atoms with E-state index in [1.165, 1.54) is 38.2 Å². The molecule has 2 nitrogen and oxygen atoms in total. The highest BCUT2D eigenvalue weighted by atomic mass is 16.3. The Morgan fingerprint density at radius 1 is 0.293 bits per heavy atom. The number of benzene rings is 10. The molecule has 10 aromatic carbocycles. The molecule has 1 heterocycles. The summed E-state index contributed by atoms with van der Waals surface area (Å²) < 4.78 is 6.97. The molecule has 0 aliphatic rings. The molecule has 0 saturated heterocycles. The first-order chi connectivity index (χ1) is 28.8. The van der Waals surface area contributed by atoms with Crippen molar-refractivity contribution in [1.82, 2.24) is 0 Å². The van der Waals surface area contributed by atoms with Gasteiger partial charge < -0.3 is 9.32 Å². The van der Waals surface area contributed by atoms with Crippen LogP contribution in [0.1, 0.15) is 0 Å². The van der Waals surface area contributed by atoms with E-state index < -0.39 is 0 Å². The van der Waals surface area contributed by atoms with Gasteiger partial charge in [-0.3, -0.25) is 0 Å². The Morgan fingerprint density at radius 2 is 0.793 bits per heavy atom. The van der Waals surface area contributed by atoms with E-state index in [0.29, 0.717) is 0 Å². The van der Waals surface area contributed by atoms with E-state index >= 15 is 0 Å². The maximum Gasteiger partial charge on any atom is 0.145 e. The van der Waals surface area contributed by atoms with Gasteiger partial charge in [0.1, 0.15) is 11.2 Å². The topological polar surface area (TPSA) is 16.4 Å². The quantitative estimate of drug-likeness (QED) is 0.162. The summed E-state index contributed by atoms with van der Waals surface area (Å²) in [4.78, 5) is 2.47. The zero-order valence-electron chi connectivity index (χ0n) is 31.7. The van der Waals surface area contributed by atoms with Crippen LogP contribution >= 0.6 is 0 Å². The highest BCUT2D eigenvalue weighted by molar-refractivity contribution is 6.19. The van der Waals surface area contributed by atoms with Crippen molar-refractivity contribution in [3.63, 3.8) is 0 Å². The molecule has 0 aliphatic carbocycles. The van der Waals surface area contributed by atoms with Gasteiger partial charge in [0, 0.05) is 22.1 Å². The van der Waals surface area contributed by atoms with Gasteiger partial charge in [0.15, 0.2) is 0 Å². The van der Waals surface area contributed by atoms with Gasteiger partial charge in [-0.2, -0.15) is 0 Å². The Hall–Kier alpha value is -7.68. The van der Waals surface area contributed by atoms with E-state index in [1.807, 2.05) is 0 Å². The molecule has 58 heavy (non-hydrogen) atoms. The molecule has 0 radical (unpaired) electrons. The number of furan rings is 1. The minimum atomic E-state index is 0.859. The van der Waals surface area contributed by atoms with Crippen molar-refractivity contribution in [3.8, 4) is 44.5 Å². The van der Waals surface area contributed by atoms with Crippen LogP contribution in [0.2, 0.25) is 0 Å². The molecule has 272 valence electrons. The fourth-order valence-corrected chi connectivity index (χ4v) is 8.83. The van der Waals surface area contributed by atoms with Crippen LogP contribution in [0.4, 0.5) is 17.1 Å². The average molecular weight is 740 g/mol. The molecule has 0 N–H and O–H groups in total. The van der Waals surface area contributed by atoms with Crippen LogP contribution < -0.4 is 4.90 Å². The van der Waals surface area contributed by atoms with Crippen LogP contribution in [-0.4, -0.2) is 0 Å². The number of anilines is 3. The van der Waals surface area contributed by atoms with E-state index in [-0.39, 0.29) is 0 Å². The first kappa shape index (κ1) is 33.6. The van der Waals surface area contributed by atoms with Gasteiger partial charge in [-0.05, 0) is 85.8 Å². The Morgan fingerprint density at radius 3 is 1.53 bits per heavy atom. The Bertz CT molecular complexity index is 3290. The lowest BCUT2D eigenvalue weighted by Gasteiger charge is -2.31. The smallest absolute Gasteiger partial charge is 0.145 e. The normalized spacial score (nSPS) is 11.4. The molecule has 2 heteroatoms. The minimum Gasteiger partial charge on any atom is -0.455 e. The fourth-order valence-electron chi connectivity index (χ4n) is 8.83. The first-order valence-electron chi connectivity index (χ1n) is 19.8. The molecular formula is C56H37NO. The van der Waals surface area contributed by atoms with Crippen molar-refractivity contribution in [3.05, 3.63) is 224 Å². The second-order valence-corrected chi connectivity index (χ2v) is 14.8. The van der Waals surface area contributed by atoms with E-state index in [0.717, 1.165) is 66.8 Å². The molecule has 11 aromatic rings. The van der Waals surface area contributed by atoms with Crippen molar-refractivity contribution >= 4 is 60.5 Å². The van der Waals surface area contributed by atoms with Crippen molar-refractivity contribution in [2.45, 2.75) is 0 Å². The lowest BCUT2D eigenvalue weighted by atomic mass is 9.93. The molecule has 0 spiro atoms. The van der Waals surface area contributed by atoms with Crippen molar-refractivity contribution in [1.29, 1.82) is 0 Å². The lowest BCUT2D eigenvalue weighted by Crippen LogP contribution is -2.13. The molecular weight excluding hydrogens is 703 g/mol. The first-order valence-corrected chi connectivity index (χ1v) is 19.8. The average Bonchev–Trinajstić information content (AvgIpc) is 3.70. The van der Waals surface area contributed by atoms with Crippen LogP contribution in [0.5, 0.6) is 0 Å². The van der Waals surface area contributed by atoms with Crippen LogP contribution in [0.25, 0.3) is 88.0 Å². The summed E-state index contributed by atoms with van der Waals surface area (Å²) in [6.07, 6.45) is 0. The summed E-state index contributed by atoms with van der Waals surface area (Å²) in [5, 5.41) is 6.97. The van der Waals surface area contributed by atoms with Gasteiger partial charge >= 0.3 is 0 Å². The molecule has 0 aliphatic heterocycles. The third-order valence-corrected chi connectivity index (χ3v) is 11.5. The van der Waals surface area contributed by atoms with E-state index in [9.17, 15) is 0 Å². The summed E-state index contributed by atoms with van der Waals surface area (Å²) in [6, 6.07) is 80.6. The zero-order valence-corrected chi connectivity index (χ0v) is 31.7. The second kappa shape index (κ2) is 14.1. The van der Waals surface area contributed by atoms with Gasteiger partial charge in [0.25, 0.3) is 0 Å². The summed E-state index contributed by atoms with van der Waals surface area (Å²) in [7, 11) is 0. The molecule has 0 atom stereocenters. The van der Waals surface area contributed by atoms with Gasteiger partial charge in [-0.25, -0.2) is 0 Å². The van der Waals surface area contributed by atoms with E-state index in [1.54, 1.807) is 0 Å². The second-order valence-electron chi connectivity index (χ2n) is 14.8. The van der Waals surface area contributed by atoms with Crippen LogP contribution in [0, 0.1) is 0 Å². The predicted octanol–water partition coefficient (Wildman–Crippen LogP) is 16.0. The zero-order chi connectivity index (χ0) is 38.4. The third-order valence-electron chi connectivity index (χ3n) is 11.5. The van der Waals surface area contributed by atoms with Crippen LogP contribution in [0.3, 0.4) is 0 Å². The van der Waals surface area contributed by atoms with Crippen molar-refractivity contribution in [2.24, 2.45) is 0 Å². The van der Waals surface area contributed by atoms with E-state index in [4.69, 9.17) is 4.42 Å². The summed E-state index contributed by atoms with van der Waals surface area (Å²) >= 11 is 0. The number of hydrogen-bond donors (Lipinski definition) is 0. The summed E-state index contributed by atoms with van der Waals surface area (Å²) in [5.41, 5.74) is 14.1.